The van der Waals surface area contributed by atoms with Gasteiger partial charge in [0.05, 0.1) is 0 Å². The van der Waals surface area contributed by atoms with Gasteiger partial charge in [-0.15, -0.1) is 11.8 Å². The molecule has 0 aromatic heterocycles. The van der Waals surface area contributed by atoms with Crippen molar-refractivity contribution in [3.05, 3.63) is 30.3 Å². The second-order valence-corrected chi connectivity index (χ2v) is 4.51. The van der Waals surface area contributed by atoms with Gasteiger partial charge >= 0.3 is 1.43 Å². The van der Waals surface area contributed by atoms with Gasteiger partial charge in [0, 0.05) is 27.6 Å². The van der Waals surface area contributed by atoms with Crippen molar-refractivity contribution in [3.8, 4) is 0 Å². The third kappa shape index (κ3) is 13.4. The molecular weight excluding hydrogens is 252 g/mol. The van der Waals surface area contributed by atoms with Gasteiger partial charge in [0.25, 0.3) is 0 Å². The molecule has 0 aliphatic carbocycles. The summed E-state index contributed by atoms with van der Waals surface area (Å²) in [5.41, 5.74) is 2.62. The number of hydrogen-bond donors (Lipinski definition) is 2. The molecule has 0 radical (unpaired) electrons. The van der Waals surface area contributed by atoms with E-state index in [2.05, 4.69) is 17.6 Å². The van der Waals surface area contributed by atoms with Crippen molar-refractivity contribution in [2.45, 2.75) is 4.90 Å². The number of nitrogens with one attached hydrogen (secondary N) is 1. The predicted molar refractivity (Wildman–Crippen MR) is 60.9 cm³/mol. The van der Waals surface area contributed by atoms with Crippen LogP contribution in [0.3, 0.4) is 0 Å². The number of hydrogen-bond acceptors (Lipinski definition) is 7. The van der Waals surface area contributed by atoms with Crippen molar-refractivity contribution in [2.24, 2.45) is 5.84 Å². The highest BCUT2D eigenvalue weighted by atomic mass is 32.3. The highest BCUT2D eigenvalue weighted by molar-refractivity contribution is 7.99. The maximum Gasteiger partial charge on any atom is 1.00 e. The van der Waals surface area contributed by atoms with Gasteiger partial charge in [-0.25, -0.2) is 0 Å². The van der Waals surface area contributed by atoms with Crippen molar-refractivity contribution in [1.29, 1.82) is 0 Å². The minimum atomic E-state index is -5.17. The lowest BCUT2D eigenvalue weighted by Crippen LogP contribution is -2.24. The van der Waals surface area contributed by atoms with E-state index in [4.69, 9.17) is 23.4 Å². The molecule has 1 aromatic rings. The van der Waals surface area contributed by atoms with E-state index in [9.17, 15) is 0 Å². The third-order valence-electron chi connectivity index (χ3n) is 1.26. The van der Waals surface area contributed by atoms with Gasteiger partial charge in [0.1, 0.15) is 0 Å². The zero-order valence-corrected chi connectivity index (χ0v) is 9.96. The average Bonchev–Trinajstić information content (AvgIpc) is 2.17. The minimum Gasteiger partial charge on any atom is -0.759 e. The zero-order valence-electron chi connectivity index (χ0n) is 9.33. The third-order valence-corrected chi connectivity index (χ3v) is 2.27. The van der Waals surface area contributed by atoms with E-state index >= 15 is 0 Å². The van der Waals surface area contributed by atoms with Crippen molar-refractivity contribution >= 4 is 22.2 Å². The number of thioether (sulfide) groups is 1. The first-order valence-corrected chi connectivity index (χ1v) is 6.53. The minimum absolute atomic E-state index is 0. The fourth-order valence-corrected chi connectivity index (χ4v) is 1.55. The molecule has 6 nitrogen and oxygen atoms in total. The topological polar surface area (TPSA) is 118 Å². The van der Waals surface area contributed by atoms with Crippen LogP contribution in [-0.4, -0.2) is 29.8 Å². The van der Waals surface area contributed by atoms with Crippen molar-refractivity contribution in [1.82, 2.24) is 5.43 Å². The Morgan fingerprint density at radius 3 is 2.25 bits per heavy atom. The van der Waals surface area contributed by atoms with E-state index in [0.29, 0.717) is 0 Å². The normalized spacial score (nSPS) is 10.4. The van der Waals surface area contributed by atoms with E-state index in [-0.39, 0.29) is 1.43 Å². The Labute approximate surface area is 100 Å². The second-order valence-electron chi connectivity index (χ2n) is 2.52. The number of rotatable bonds is 4. The lowest BCUT2D eigenvalue weighted by atomic mass is 10.4. The summed E-state index contributed by atoms with van der Waals surface area (Å²) in [4.78, 5) is 1.29. The molecule has 92 valence electrons. The Morgan fingerprint density at radius 1 is 1.31 bits per heavy atom. The van der Waals surface area contributed by atoms with Crippen LogP contribution < -0.4 is 11.3 Å². The molecule has 1 aromatic carbocycles. The molecule has 0 heterocycles. The first-order valence-electron chi connectivity index (χ1n) is 4.21. The van der Waals surface area contributed by atoms with E-state index in [1.54, 1.807) is 11.8 Å². The van der Waals surface area contributed by atoms with Crippen LogP contribution in [0, 0.1) is 0 Å². The van der Waals surface area contributed by atoms with Crippen LogP contribution in [0.25, 0.3) is 0 Å². The van der Waals surface area contributed by atoms with E-state index in [0.717, 1.165) is 12.3 Å². The van der Waals surface area contributed by atoms with Crippen molar-refractivity contribution in [2.75, 3.05) is 12.3 Å². The smallest absolute Gasteiger partial charge is 0.759 e. The molecule has 1 rings (SSSR count). The summed E-state index contributed by atoms with van der Waals surface area (Å²) >= 11 is 1.80. The summed E-state index contributed by atoms with van der Waals surface area (Å²) in [7, 11) is -5.17. The zero-order chi connectivity index (χ0) is 12.4. The van der Waals surface area contributed by atoms with Gasteiger partial charge in [0.2, 0.25) is 0 Å². The van der Waals surface area contributed by atoms with Crippen LogP contribution >= 0.6 is 11.8 Å². The van der Waals surface area contributed by atoms with E-state index in [1.165, 1.54) is 4.90 Å². The van der Waals surface area contributed by atoms with Crippen molar-refractivity contribution < 1.29 is 18.9 Å². The Hall–Kier alpha value is -0.640. The van der Waals surface area contributed by atoms with Gasteiger partial charge in [-0.2, -0.15) is 0 Å². The molecule has 0 aliphatic heterocycles. The van der Waals surface area contributed by atoms with Crippen LogP contribution in [0.5, 0.6) is 0 Å². The molecule has 3 N–H and O–H groups in total. The molecule has 8 heteroatoms. The molecule has 16 heavy (non-hydrogen) atoms. The standard InChI is InChI=1S/C8H12N2S.H2O4S/c9-10-6-7-11-8-4-2-1-3-5-8;1-5(2,3)4/h1-5,10H,6-7,9H2;(H2,1,2,3,4)/p-1. The van der Waals surface area contributed by atoms with Gasteiger partial charge in [0.15, 0.2) is 0 Å². The summed E-state index contributed by atoms with van der Waals surface area (Å²) in [5.74, 6) is 6.14. The highest BCUT2D eigenvalue weighted by Crippen LogP contribution is 2.15. The summed E-state index contributed by atoms with van der Waals surface area (Å²) in [6, 6.07) is 10.3. The largest absolute Gasteiger partial charge is 1.00 e. The maximum absolute atomic E-state index is 8.52. The Balaban J connectivity index is 0. The summed E-state index contributed by atoms with van der Waals surface area (Å²) in [6.07, 6.45) is 0. The van der Waals surface area contributed by atoms with Gasteiger partial charge < -0.3 is 9.11 Å². The van der Waals surface area contributed by atoms with Crippen molar-refractivity contribution in [3.63, 3.8) is 0 Å². The Morgan fingerprint density at radius 2 is 1.81 bits per heavy atom. The lowest BCUT2D eigenvalue weighted by molar-refractivity contribution is 0.352. The first kappa shape index (κ1) is 15.4. The molecule has 0 fully saturated rings. The molecule has 0 bridgehead atoms. The maximum atomic E-state index is 8.52. The molecule has 0 unspecified atom stereocenters. The first-order chi connectivity index (χ1) is 7.43. The van der Waals surface area contributed by atoms with Crippen LogP contribution in [0.1, 0.15) is 1.43 Å². The molecular formula is C8H13N2O4S2-. The Bertz CT molecular complexity index is 366. The molecule has 0 atom stereocenters. The molecule has 0 spiro atoms. The Kier molecular flexibility index (Phi) is 8.16. The monoisotopic (exact) mass is 265 g/mol. The summed E-state index contributed by atoms with van der Waals surface area (Å²) in [5, 5.41) is 0. The summed E-state index contributed by atoms with van der Waals surface area (Å²) in [6.45, 7) is 0.847. The van der Waals surface area contributed by atoms with Gasteiger partial charge in [-0.3, -0.25) is 19.7 Å². The SMILES string of the molecule is NNCCSc1ccccc1.O=S(=O)([O-])[O-].[H+]. The highest BCUT2D eigenvalue weighted by Gasteiger charge is 1.89. The van der Waals surface area contributed by atoms with Crippen LogP contribution in [0.2, 0.25) is 0 Å². The van der Waals surface area contributed by atoms with E-state index in [1.807, 2.05) is 18.2 Å². The predicted octanol–water partition coefficient (Wildman–Crippen LogP) is 0.0165. The quantitative estimate of drug-likeness (QED) is 0.197. The molecule has 0 saturated heterocycles. The number of hydrazine groups is 1. The fraction of sp³-hybridized carbons (Fsp3) is 0.250. The molecule has 0 saturated carbocycles. The number of benzene rings is 1. The number of nitrogens with two attached hydrogens (primary N) is 1. The average molecular weight is 265 g/mol. The molecule has 0 aliphatic rings. The fourth-order valence-electron chi connectivity index (χ4n) is 0.745. The molecule has 0 amide bonds. The van der Waals surface area contributed by atoms with Crippen LogP contribution in [0.4, 0.5) is 0 Å². The van der Waals surface area contributed by atoms with Gasteiger partial charge in [-0.1, -0.05) is 18.2 Å². The van der Waals surface area contributed by atoms with E-state index < -0.39 is 10.4 Å². The lowest BCUT2D eigenvalue weighted by Gasteiger charge is -2.06. The second kappa shape index (κ2) is 8.50. The summed E-state index contributed by atoms with van der Waals surface area (Å²) < 4.78 is 34.1. The van der Waals surface area contributed by atoms with Crippen LogP contribution in [-0.2, 0) is 10.4 Å². The van der Waals surface area contributed by atoms with Crippen LogP contribution in [0.15, 0.2) is 35.2 Å². The van der Waals surface area contributed by atoms with Gasteiger partial charge in [-0.05, 0) is 12.1 Å².